The molecule has 1 aliphatic rings. The minimum Gasteiger partial charge on any atom is -0.397 e. The van der Waals surface area contributed by atoms with Gasteiger partial charge in [0.2, 0.25) is 0 Å². The van der Waals surface area contributed by atoms with Gasteiger partial charge in [0.1, 0.15) is 5.82 Å². The minimum atomic E-state index is 0.471. The van der Waals surface area contributed by atoms with E-state index in [9.17, 15) is 0 Å². The zero-order chi connectivity index (χ0) is 13.1. The molecule has 1 unspecified atom stereocenters. The first-order valence-electron chi connectivity index (χ1n) is 6.10. The van der Waals surface area contributed by atoms with Crippen molar-refractivity contribution in [2.24, 2.45) is 0 Å². The molecule has 5 nitrogen and oxygen atoms in total. The molecule has 1 fully saturated rings. The third-order valence-corrected chi connectivity index (χ3v) is 3.64. The van der Waals surface area contributed by atoms with Crippen LogP contribution >= 0.6 is 11.6 Å². The van der Waals surface area contributed by atoms with Crippen molar-refractivity contribution in [3.8, 4) is 0 Å². The van der Waals surface area contributed by atoms with E-state index >= 15 is 0 Å². The van der Waals surface area contributed by atoms with E-state index in [1.165, 1.54) is 0 Å². The van der Waals surface area contributed by atoms with Crippen molar-refractivity contribution >= 4 is 23.1 Å². The van der Waals surface area contributed by atoms with Crippen molar-refractivity contribution in [2.75, 3.05) is 51.3 Å². The van der Waals surface area contributed by atoms with Crippen molar-refractivity contribution in [3.05, 3.63) is 17.3 Å². The molecule has 1 aliphatic heterocycles. The van der Waals surface area contributed by atoms with Gasteiger partial charge in [-0.1, -0.05) is 11.6 Å². The lowest BCUT2D eigenvalue weighted by molar-refractivity contribution is 0.122. The molecule has 1 aromatic rings. The van der Waals surface area contributed by atoms with E-state index in [0.29, 0.717) is 22.6 Å². The average molecular weight is 270 g/mol. The Morgan fingerprint density at radius 3 is 3.00 bits per heavy atom. The van der Waals surface area contributed by atoms with Crippen LogP contribution in [0.15, 0.2) is 12.3 Å². The first-order valence-corrected chi connectivity index (χ1v) is 6.47. The lowest BCUT2D eigenvalue weighted by Crippen LogP contribution is -2.52. The van der Waals surface area contributed by atoms with Crippen molar-refractivity contribution in [1.29, 1.82) is 0 Å². The standard InChI is InChI=1S/C12H20ClN5/c1-17-3-4-18(2)10(8-17)7-16-12-11(13)5-9(14)6-15-12/h5-6,10H,3-4,7-8,14H2,1-2H3,(H,15,16). The van der Waals surface area contributed by atoms with Crippen LogP contribution in [0.1, 0.15) is 0 Å². The zero-order valence-corrected chi connectivity index (χ0v) is 11.6. The second kappa shape index (κ2) is 5.73. The maximum absolute atomic E-state index is 6.08. The van der Waals surface area contributed by atoms with E-state index in [0.717, 1.165) is 26.2 Å². The molecule has 6 heteroatoms. The fraction of sp³-hybridized carbons (Fsp3) is 0.583. The number of hydrogen-bond acceptors (Lipinski definition) is 5. The maximum Gasteiger partial charge on any atom is 0.144 e. The van der Waals surface area contributed by atoms with E-state index in [4.69, 9.17) is 17.3 Å². The molecule has 1 saturated heterocycles. The van der Waals surface area contributed by atoms with Gasteiger partial charge in [-0.2, -0.15) is 0 Å². The topological polar surface area (TPSA) is 57.4 Å². The van der Waals surface area contributed by atoms with Gasteiger partial charge in [0.25, 0.3) is 0 Å². The predicted molar refractivity (Wildman–Crippen MR) is 76.1 cm³/mol. The Morgan fingerprint density at radius 2 is 2.28 bits per heavy atom. The van der Waals surface area contributed by atoms with Gasteiger partial charge in [-0.05, 0) is 20.2 Å². The van der Waals surface area contributed by atoms with Gasteiger partial charge < -0.3 is 16.0 Å². The molecule has 0 amide bonds. The molecule has 18 heavy (non-hydrogen) atoms. The summed E-state index contributed by atoms with van der Waals surface area (Å²) in [5.41, 5.74) is 6.20. The van der Waals surface area contributed by atoms with Crippen LogP contribution in [0.2, 0.25) is 5.02 Å². The van der Waals surface area contributed by atoms with Gasteiger partial charge in [0.05, 0.1) is 16.9 Å². The Kier molecular flexibility index (Phi) is 4.27. The van der Waals surface area contributed by atoms with E-state index in [-0.39, 0.29) is 0 Å². The van der Waals surface area contributed by atoms with Crippen LogP contribution in [-0.4, -0.2) is 61.1 Å². The molecule has 0 aliphatic carbocycles. The van der Waals surface area contributed by atoms with Crippen molar-refractivity contribution in [2.45, 2.75) is 6.04 Å². The van der Waals surface area contributed by atoms with Crippen molar-refractivity contribution in [1.82, 2.24) is 14.8 Å². The molecule has 3 N–H and O–H groups in total. The Bertz CT molecular complexity index is 411. The molecule has 1 aromatic heterocycles. The van der Waals surface area contributed by atoms with Crippen LogP contribution in [-0.2, 0) is 0 Å². The Morgan fingerprint density at radius 1 is 1.50 bits per heavy atom. The molecule has 0 saturated carbocycles. The highest BCUT2D eigenvalue weighted by Crippen LogP contribution is 2.21. The van der Waals surface area contributed by atoms with Gasteiger partial charge in [0.15, 0.2) is 0 Å². The van der Waals surface area contributed by atoms with Gasteiger partial charge >= 0.3 is 0 Å². The highest BCUT2D eigenvalue weighted by atomic mass is 35.5. The molecule has 2 heterocycles. The van der Waals surface area contributed by atoms with E-state index < -0.39 is 0 Å². The summed E-state index contributed by atoms with van der Waals surface area (Å²) in [6.45, 7) is 4.09. The monoisotopic (exact) mass is 269 g/mol. The summed E-state index contributed by atoms with van der Waals surface area (Å²) < 4.78 is 0. The van der Waals surface area contributed by atoms with Crippen LogP contribution in [0.3, 0.4) is 0 Å². The summed E-state index contributed by atoms with van der Waals surface area (Å²) in [5.74, 6) is 0.701. The molecule has 0 spiro atoms. The molecule has 0 aromatic carbocycles. The summed E-state index contributed by atoms with van der Waals surface area (Å²) in [4.78, 5) is 8.90. The van der Waals surface area contributed by atoms with Crippen LogP contribution < -0.4 is 11.1 Å². The largest absolute Gasteiger partial charge is 0.397 e. The Hall–Kier alpha value is -1.04. The smallest absolute Gasteiger partial charge is 0.144 e. The number of nitrogens with zero attached hydrogens (tertiary/aromatic N) is 3. The average Bonchev–Trinajstić information content (AvgIpc) is 2.32. The molecule has 2 rings (SSSR count). The number of nitrogen functional groups attached to an aromatic ring is 1. The third-order valence-electron chi connectivity index (χ3n) is 3.35. The lowest BCUT2D eigenvalue weighted by atomic mass is 10.2. The quantitative estimate of drug-likeness (QED) is 0.857. The zero-order valence-electron chi connectivity index (χ0n) is 10.9. The van der Waals surface area contributed by atoms with Gasteiger partial charge in [-0.15, -0.1) is 0 Å². The lowest BCUT2D eigenvalue weighted by Gasteiger charge is -2.37. The van der Waals surface area contributed by atoms with E-state index in [2.05, 4.69) is 34.2 Å². The number of pyridine rings is 1. The maximum atomic E-state index is 6.08. The first-order chi connectivity index (χ1) is 8.56. The SMILES string of the molecule is CN1CCN(C)C(CNc2ncc(N)cc2Cl)C1. The summed E-state index contributed by atoms with van der Waals surface area (Å²) >= 11 is 6.08. The number of likely N-dealkylation sites (N-methyl/N-ethyl adjacent to an activating group) is 2. The molecule has 100 valence electrons. The molecule has 1 atom stereocenters. The van der Waals surface area contributed by atoms with Gasteiger partial charge in [-0.3, -0.25) is 4.90 Å². The second-order valence-electron chi connectivity index (χ2n) is 4.88. The predicted octanol–water partition coefficient (Wildman–Crippen LogP) is 0.975. The number of rotatable bonds is 3. The van der Waals surface area contributed by atoms with Crippen LogP contribution in [0, 0.1) is 0 Å². The van der Waals surface area contributed by atoms with Gasteiger partial charge in [0, 0.05) is 32.2 Å². The Labute approximate surface area is 113 Å². The van der Waals surface area contributed by atoms with Crippen LogP contribution in [0.25, 0.3) is 0 Å². The van der Waals surface area contributed by atoms with E-state index in [1.807, 2.05) is 0 Å². The number of anilines is 2. The van der Waals surface area contributed by atoms with Crippen molar-refractivity contribution in [3.63, 3.8) is 0 Å². The molecular formula is C12H20ClN5. The number of aromatic nitrogens is 1. The number of nitrogens with one attached hydrogen (secondary N) is 1. The first kappa shape index (κ1) is 13.4. The Balaban J connectivity index is 1.94. The fourth-order valence-corrected chi connectivity index (χ4v) is 2.36. The molecule has 0 bridgehead atoms. The minimum absolute atomic E-state index is 0.471. The molecule has 0 radical (unpaired) electrons. The van der Waals surface area contributed by atoms with Crippen LogP contribution in [0.5, 0.6) is 0 Å². The summed E-state index contributed by atoms with van der Waals surface area (Å²) in [6.07, 6.45) is 1.62. The number of piperazine rings is 1. The highest BCUT2D eigenvalue weighted by Gasteiger charge is 2.22. The number of hydrogen-bond donors (Lipinski definition) is 2. The highest BCUT2D eigenvalue weighted by molar-refractivity contribution is 6.33. The summed E-state index contributed by atoms with van der Waals surface area (Å²) in [6, 6.07) is 2.19. The second-order valence-corrected chi connectivity index (χ2v) is 5.28. The summed E-state index contributed by atoms with van der Waals surface area (Å²) in [5, 5.41) is 3.87. The number of halogens is 1. The van der Waals surface area contributed by atoms with Crippen molar-refractivity contribution < 1.29 is 0 Å². The number of nitrogens with two attached hydrogens (primary N) is 1. The fourth-order valence-electron chi connectivity index (χ4n) is 2.12. The third kappa shape index (κ3) is 3.25. The normalized spacial score (nSPS) is 22.1. The summed E-state index contributed by atoms with van der Waals surface area (Å²) in [7, 11) is 4.30. The van der Waals surface area contributed by atoms with Crippen LogP contribution in [0.4, 0.5) is 11.5 Å². The van der Waals surface area contributed by atoms with E-state index in [1.54, 1.807) is 12.3 Å². The molecular weight excluding hydrogens is 250 g/mol. The van der Waals surface area contributed by atoms with Gasteiger partial charge in [-0.25, -0.2) is 4.98 Å².